The molecule has 180 valence electrons. The summed E-state index contributed by atoms with van der Waals surface area (Å²) in [6, 6.07) is 36.8. The Kier molecular flexibility index (Phi) is 7.40. The van der Waals surface area contributed by atoms with Crippen LogP contribution in [0.5, 0.6) is 0 Å². The maximum absolute atomic E-state index is 12.9. The van der Waals surface area contributed by atoms with Gasteiger partial charge >= 0.3 is 5.97 Å². The number of esters is 1. The first kappa shape index (κ1) is 24.7. The van der Waals surface area contributed by atoms with Crippen LogP contribution in [-0.2, 0) is 14.9 Å². The van der Waals surface area contributed by atoms with E-state index in [4.69, 9.17) is 4.74 Å². The fourth-order valence-electron chi connectivity index (χ4n) is 5.68. The summed E-state index contributed by atoms with van der Waals surface area (Å²) in [6.45, 7) is 6.29. The van der Waals surface area contributed by atoms with Crippen molar-refractivity contribution in [2.75, 3.05) is 7.11 Å². The molecule has 0 aromatic heterocycles. The Balaban J connectivity index is 1.88. The highest BCUT2D eigenvalue weighted by Crippen LogP contribution is 2.49. The molecular formula is C33H36O2. The summed E-state index contributed by atoms with van der Waals surface area (Å²) in [5.74, 6) is 0.154. The highest BCUT2D eigenvalue weighted by Gasteiger charge is 2.44. The van der Waals surface area contributed by atoms with Gasteiger partial charge in [0.2, 0.25) is 0 Å². The van der Waals surface area contributed by atoms with E-state index in [2.05, 4.69) is 110 Å². The molecule has 4 rings (SSSR count). The number of ether oxygens (including phenoxy) is 1. The molecular weight excluding hydrogens is 428 g/mol. The minimum atomic E-state index is -0.651. The number of hydrogen-bond acceptors (Lipinski definition) is 2. The van der Waals surface area contributed by atoms with Gasteiger partial charge in [0.15, 0.2) is 0 Å². The average Bonchev–Trinajstić information content (AvgIpc) is 2.91. The number of methoxy groups -OCH3 is 1. The van der Waals surface area contributed by atoms with Gasteiger partial charge < -0.3 is 4.74 Å². The van der Waals surface area contributed by atoms with E-state index in [-0.39, 0.29) is 11.4 Å². The molecule has 2 heteroatoms. The van der Waals surface area contributed by atoms with E-state index in [1.807, 2.05) is 13.8 Å². The van der Waals surface area contributed by atoms with Crippen LogP contribution in [0.2, 0.25) is 0 Å². The van der Waals surface area contributed by atoms with Crippen molar-refractivity contribution in [3.63, 3.8) is 0 Å². The van der Waals surface area contributed by atoms with Gasteiger partial charge in [0, 0.05) is 5.41 Å². The molecule has 0 amide bonds. The van der Waals surface area contributed by atoms with Crippen molar-refractivity contribution in [2.24, 2.45) is 5.41 Å². The summed E-state index contributed by atoms with van der Waals surface area (Å²) < 4.78 is 5.26. The van der Waals surface area contributed by atoms with Crippen molar-refractivity contribution >= 4 is 16.7 Å². The molecule has 0 N–H and O–H groups in total. The van der Waals surface area contributed by atoms with Gasteiger partial charge in [-0.05, 0) is 66.5 Å². The van der Waals surface area contributed by atoms with Crippen molar-refractivity contribution in [3.05, 3.63) is 120 Å². The lowest BCUT2D eigenvalue weighted by atomic mass is 9.61. The van der Waals surface area contributed by atoms with Crippen LogP contribution in [0.3, 0.4) is 0 Å². The van der Waals surface area contributed by atoms with E-state index >= 15 is 0 Å². The summed E-state index contributed by atoms with van der Waals surface area (Å²) in [5, 5.41) is 2.53. The highest BCUT2D eigenvalue weighted by atomic mass is 16.5. The van der Waals surface area contributed by atoms with Gasteiger partial charge in [-0.25, -0.2) is 0 Å². The predicted octanol–water partition coefficient (Wildman–Crippen LogP) is 8.30. The van der Waals surface area contributed by atoms with Gasteiger partial charge in [-0.1, -0.05) is 110 Å². The van der Waals surface area contributed by atoms with Crippen molar-refractivity contribution in [1.29, 1.82) is 0 Å². The molecule has 0 aliphatic rings. The SMILES string of the molecule is CCC(CC(CC(C)(C)C(=O)OC)(c1ccccc1)c1ccccc1)c1ccc2ccccc2c1. The number of rotatable bonds is 9. The predicted molar refractivity (Wildman–Crippen MR) is 146 cm³/mol. The molecule has 35 heavy (non-hydrogen) atoms. The second-order valence-corrected chi connectivity index (χ2v) is 10.3. The number of hydrogen-bond donors (Lipinski definition) is 0. The van der Waals surface area contributed by atoms with Crippen molar-refractivity contribution in [2.45, 2.75) is 51.4 Å². The highest BCUT2D eigenvalue weighted by molar-refractivity contribution is 5.83. The molecule has 4 aromatic carbocycles. The summed E-state index contributed by atoms with van der Waals surface area (Å²) in [6.07, 6.45) is 2.57. The molecule has 0 aliphatic heterocycles. The second-order valence-electron chi connectivity index (χ2n) is 10.3. The van der Waals surface area contributed by atoms with E-state index in [9.17, 15) is 4.79 Å². The van der Waals surface area contributed by atoms with E-state index in [1.165, 1.54) is 34.6 Å². The van der Waals surface area contributed by atoms with Crippen molar-refractivity contribution < 1.29 is 9.53 Å². The van der Waals surface area contributed by atoms with E-state index in [1.54, 1.807) is 0 Å². The van der Waals surface area contributed by atoms with Gasteiger partial charge in [0.1, 0.15) is 0 Å². The summed E-state index contributed by atoms with van der Waals surface area (Å²) in [7, 11) is 1.49. The largest absolute Gasteiger partial charge is 0.469 e. The lowest BCUT2D eigenvalue weighted by Crippen LogP contribution is -2.39. The second kappa shape index (κ2) is 10.5. The molecule has 0 heterocycles. The molecule has 0 aliphatic carbocycles. The lowest BCUT2D eigenvalue weighted by molar-refractivity contribution is -0.151. The Bertz CT molecular complexity index is 1220. The first-order valence-corrected chi connectivity index (χ1v) is 12.6. The molecule has 0 bridgehead atoms. The van der Waals surface area contributed by atoms with E-state index in [0.717, 1.165) is 12.8 Å². The minimum Gasteiger partial charge on any atom is -0.469 e. The van der Waals surface area contributed by atoms with Gasteiger partial charge in [-0.3, -0.25) is 4.79 Å². The third-order valence-corrected chi connectivity index (χ3v) is 7.47. The third kappa shape index (κ3) is 5.17. The first-order valence-electron chi connectivity index (χ1n) is 12.6. The maximum Gasteiger partial charge on any atom is 0.311 e. The zero-order valence-electron chi connectivity index (χ0n) is 21.3. The standard InChI is InChI=1S/C33H36O2/c1-5-25(28-21-20-26-14-12-13-15-27(26)22-28)23-33(29-16-8-6-9-17-29,30-18-10-7-11-19-30)24-32(2,3)31(34)35-4/h6-22,25H,5,23-24H2,1-4H3. The fourth-order valence-corrected chi connectivity index (χ4v) is 5.68. The minimum absolute atomic E-state index is 0.174. The van der Waals surface area contributed by atoms with Crippen LogP contribution < -0.4 is 0 Å². The Morgan fingerprint density at radius 1 is 0.771 bits per heavy atom. The summed E-state index contributed by atoms with van der Waals surface area (Å²) in [4.78, 5) is 12.9. The maximum atomic E-state index is 12.9. The van der Waals surface area contributed by atoms with Gasteiger partial charge in [0.25, 0.3) is 0 Å². The zero-order valence-corrected chi connectivity index (χ0v) is 21.3. The van der Waals surface area contributed by atoms with Crippen molar-refractivity contribution in [3.8, 4) is 0 Å². The van der Waals surface area contributed by atoms with E-state index in [0.29, 0.717) is 12.3 Å². The number of benzene rings is 4. The summed E-state index contributed by atoms with van der Waals surface area (Å²) >= 11 is 0. The van der Waals surface area contributed by atoms with Crippen LogP contribution in [0.4, 0.5) is 0 Å². The van der Waals surface area contributed by atoms with Crippen LogP contribution in [0.25, 0.3) is 10.8 Å². The van der Waals surface area contributed by atoms with Crippen LogP contribution in [-0.4, -0.2) is 13.1 Å². The monoisotopic (exact) mass is 464 g/mol. The van der Waals surface area contributed by atoms with Gasteiger partial charge in [0.05, 0.1) is 12.5 Å². The fraction of sp³-hybridized carbons (Fsp3) is 0.303. The molecule has 0 spiro atoms. The van der Waals surface area contributed by atoms with Crippen LogP contribution >= 0.6 is 0 Å². The molecule has 0 fully saturated rings. The smallest absolute Gasteiger partial charge is 0.311 e. The summed E-state index contributed by atoms with van der Waals surface area (Å²) in [5.41, 5.74) is 2.82. The normalized spacial score (nSPS) is 12.9. The molecule has 0 saturated carbocycles. The van der Waals surface area contributed by atoms with Crippen molar-refractivity contribution in [1.82, 2.24) is 0 Å². The molecule has 1 unspecified atom stereocenters. The number of carbonyl (C=O) groups is 1. The molecule has 0 radical (unpaired) electrons. The quantitative estimate of drug-likeness (QED) is 0.233. The molecule has 4 aromatic rings. The molecule has 2 nitrogen and oxygen atoms in total. The van der Waals surface area contributed by atoms with Crippen LogP contribution in [0.1, 0.15) is 62.6 Å². The number of carbonyl (C=O) groups excluding carboxylic acids is 1. The molecule has 1 atom stereocenters. The Hall–Kier alpha value is -3.39. The third-order valence-electron chi connectivity index (χ3n) is 7.47. The Labute approximate surface area is 210 Å². The van der Waals surface area contributed by atoms with Gasteiger partial charge in [-0.2, -0.15) is 0 Å². The van der Waals surface area contributed by atoms with Crippen LogP contribution in [0.15, 0.2) is 103 Å². The average molecular weight is 465 g/mol. The van der Waals surface area contributed by atoms with Gasteiger partial charge in [-0.15, -0.1) is 0 Å². The topological polar surface area (TPSA) is 26.3 Å². The lowest BCUT2D eigenvalue weighted by Gasteiger charge is -2.42. The molecule has 0 saturated heterocycles. The van der Waals surface area contributed by atoms with Crippen LogP contribution in [0, 0.1) is 5.41 Å². The Morgan fingerprint density at radius 2 is 1.31 bits per heavy atom. The first-order chi connectivity index (χ1) is 16.9. The van der Waals surface area contributed by atoms with E-state index < -0.39 is 5.41 Å². The number of fused-ring (bicyclic) bond motifs is 1. The Morgan fingerprint density at radius 3 is 1.86 bits per heavy atom. The zero-order chi connectivity index (χ0) is 24.9.